The number of fused-ring (bicyclic) bond motifs is 2. The minimum Gasteiger partial charge on any atom is -0.392 e. The van der Waals surface area contributed by atoms with Crippen molar-refractivity contribution in [3.05, 3.63) is 0 Å². The molecule has 6 rings (SSSR count). The first kappa shape index (κ1) is 22.2. The van der Waals surface area contributed by atoms with Crippen molar-refractivity contribution in [1.82, 2.24) is 4.90 Å². The molecule has 5 aliphatic carbocycles. The molecule has 0 unspecified atom stereocenters. The standard InChI is InChI=1S/C24H39NO7/c1-5-25-10-21(11-30-2)15(26)6-7-22-13-8-12-14(31-3)9-23(28,16(13)17(12)27)24(29,20(22)25)19(32-4)18(21)22/h12-20,26-29H,5-11H2,1-4H3/t12-,13-,14+,15-,16-,17+,18-,19+,20+,21+,22-,23-,24-/m1/s1. The number of hydrogen-bond acceptors (Lipinski definition) is 8. The highest BCUT2D eigenvalue weighted by Gasteiger charge is 2.90. The third-order valence-corrected chi connectivity index (χ3v) is 11.3. The zero-order valence-electron chi connectivity index (χ0n) is 19.6. The summed E-state index contributed by atoms with van der Waals surface area (Å²) in [6.45, 7) is 3.76. The van der Waals surface area contributed by atoms with Gasteiger partial charge in [0.05, 0.1) is 37.1 Å². The van der Waals surface area contributed by atoms with Gasteiger partial charge in [-0.3, -0.25) is 4.90 Å². The lowest BCUT2D eigenvalue weighted by atomic mass is 9.43. The number of rotatable bonds is 5. The predicted molar refractivity (Wildman–Crippen MR) is 114 cm³/mol. The van der Waals surface area contributed by atoms with Crippen LogP contribution in [-0.4, -0.2) is 108 Å². The maximum absolute atomic E-state index is 12.8. The molecule has 1 aliphatic heterocycles. The van der Waals surface area contributed by atoms with Crippen molar-refractivity contribution in [3.63, 3.8) is 0 Å². The third kappa shape index (κ3) is 1.99. The summed E-state index contributed by atoms with van der Waals surface area (Å²) in [5.41, 5.74) is -4.06. The molecular weight excluding hydrogens is 414 g/mol. The molecular formula is C24H39NO7. The molecule has 1 saturated heterocycles. The van der Waals surface area contributed by atoms with E-state index >= 15 is 0 Å². The molecule has 0 aromatic heterocycles. The van der Waals surface area contributed by atoms with Crippen molar-refractivity contribution in [2.75, 3.05) is 41.0 Å². The molecule has 0 aromatic rings. The molecule has 0 radical (unpaired) electrons. The molecule has 32 heavy (non-hydrogen) atoms. The van der Waals surface area contributed by atoms with Crippen LogP contribution in [0.1, 0.15) is 32.6 Å². The number of aliphatic hydroxyl groups excluding tert-OH is 2. The van der Waals surface area contributed by atoms with Crippen molar-refractivity contribution in [2.24, 2.45) is 34.5 Å². The zero-order chi connectivity index (χ0) is 22.8. The number of aliphatic hydroxyl groups is 4. The molecule has 6 aliphatic rings. The number of ether oxygens (including phenoxy) is 3. The van der Waals surface area contributed by atoms with E-state index in [0.717, 1.165) is 12.8 Å². The number of nitrogens with zero attached hydrogens (tertiary/aromatic N) is 1. The summed E-state index contributed by atoms with van der Waals surface area (Å²) in [7, 11) is 4.92. The summed E-state index contributed by atoms with van der Waals surface area (Å²) >= 11 is 0. The lowest BCUT2D eigenvalue weighted by Crippen LogP contribution is -2.80. The summed E-state index contributed by atoms with van der Waals surface area (Å²) in [6, 6.07) is -0.291. The van der Waals surface area contributed by atoms with E-state index in [1.807, 2.05) is 0 Å². The Morgan fingerprint density at radius 3 is 2.47 bits per heavy atom. The Bertz CT molecular complexity index is 798. The molecule has 0 aromatic carbocycles. The van der Waals surface area contributed by atoms with Gasteiger partial charge in [0, 0.05) is 57.5 Å². The average Bonchev–Trinajstić information content (AvgIpc) is 3.13. The lowest BCUT2D eigenvalue weighted by molar-refractivity contribution is -0.309. The van der Waals surface area contributed by atoms with Gasteiger partial charge in [-0.2, -0.15) is 0 Å². The highest BCUT2D eigenvalue weighted by Crippen LogP contribution is 2.80. The monoisotopic (exact) mass is 453 g/mol. The molecule has 4 N–H and O–H groups in total. The van der Waals surface area contributed by atoms with Gasteiger partial charge in [0.2, 0.25) is 0 Å². The molecule has 0 amide bonds. The molecule has 1 heterocycles. The van der Waals surface area contributed by atoms with Crippen molar-refractivity contribution in [3.8, 4) is 0 Å². The highest BCUT2D eigenvalue weighted by molar-refractivity contribution is 5.40. The first-order valence-electron chi connectivity index (χ1n) is 12.3. The van der Waals surface area contributed by atoms with Crippen LogP contribution in [0.15, 0.2) is 0 Å². The van der Waals surface area contributed by atoms with E-state index in [2.05, 4.69) is 11.8 Å². The second kappa shape index (κ2) is 6.66. The highest BCUT2D eigenvalue weighted by atomic mass is 16.5. The molecule has 5 saturated carbocycles. The fourth-order valence-electron chi connectivity index (χ4n) is 10.7. The van der Waals surface area contributed by atoms with Gasteiger partial charge in [0.1, 0.15) is 11.2 Å². The maximum Gasteiger partial charge on any atom is 0.136 e. The number of piperidine rings is 1. The summed E-state index contributed by atoms with van der Waals surface area (Å²) in [4.78, 5) is 2.28. The van der Waals surface area contributed by atoms with Crippen LogP contribution >= 0.6 is 0 Å². The van der Waals surface area contributed by atoms with Gasteiger partial charge in [-0.05, 0) is 37.1 Å². The number of likely N-dealkylation sites (tertiary alicyclic amines) is 1. The van der Waals surface area contributed by atoms with Crippen LogP contribution < -0.4 is 0 Å². The zero-order valence-corrected chi connectivity index (χ0v) is 19.6. The molecule has 8 nitrogen and oxygen atoms in total. The van der Waals surface area contributed by atoms with Crippen LogP contribution in [0.4, 0.5) is 0 Å². The summed E-state index contributed by atoms with van der Waals surface area (Å²) in [5.74, 6) is -0.600. The van der Waals surface area contributed by atoms with Crippen molar-refractivity contribution < 1.29 is 34.6 Å². The van der Waals surface area contributed by atoms with Crippen LogP contribution in [0.2, 0.25) is 0 Å². The molecule has 8 heteroatoms. The smallest absolute Gasteiger partial charge is 0.136 e. The van der Waals surface area contributed by atoms with Gasteiger partial charge in [-0.1, -0.05) is 6.92 Å². The van der Waals surface area contributed by atoms with Crippen LogP contribution in [0.3, 0.4) is 0 Å². The summed E-state index contributed by atoms with van der Waals surface area (Å²) in [6.07, 6.45) is 0.188. The average molecular weight is 454 g/mol. The SMILES string of the molecule is CCN1C[C@]2(COC)[C@H](O)CC[C@@]34[C@@H]5C[C@H]6[C@H](O)[C@@H]5[C@](O)(C[C@@H]6OC)[C@@](O)([C@@H](OC)[C@H]23)[C@@H]14. The van der Waals surface area contributed by atoms with Gasteiger partial charge in [-0.25, -0.2) is 0 Å². The quantitative estimate of drug-likeness (QED) is 0.446. The second-order valence-corrected chi connectivity index (χ2v) is 11.7. The van der Waals surface area contributed by atoms with Gasteiger partial charge < -0.3 is 34.6 Å². The minimum atomic E-state index is -1.57. The fraction of sp³-hybridized carbons (Fsp3) is 1.00. The third-order valence-electron chi connectivity index (χ3n) is 11.3. The Balaban J connectivity index is 1.65. The first-order valence-corrected chi connectivity index (χ1v) is 12.3. The molecule has 182 valence electrons. The first-order chi connectivity index (χ1) is 15.2. The Morgan fingerprint density at radius 2 is 1.84 bits per heavy atom. The van der Waals surface area contributed by atoms with Gasteiger partial charge in [-0.15, -0.1) is 0 Å². The van der Waals surface area contributed by atoms with Gasteiger partial charge >= 0.3 is 0 Å². The fourth-order valence-corrected chi connectivity index (χ4v) is 10.7. The van der Waals surface area contributed by atoms with E-state index in [0.29, 0.717) is 32.5 Å². The van der Waals surface area contributed by atoms with Crippen LogP contribution in [-0.2, 0) is 14.2 Å². The number of methoxy groups -OCH3 is 3. The number of hydrogen-bond donors (Lipinski definition) is 4. The van der Waals surface area contributed by atoms with E-state index < -0.39 is 40.8 Å². The normalized spacial score (nSPS) is 62.4. The largest absolute Gasteiger partial charge is 0.392 e. The van der Waals surface area contributed by atoms with Crippen LogP contribution in [0.25, 0.3) is 0 Å². The molecule has 13 atom stereocenters. The lowest BCUT2D eigenvalue weighted by Gasteiger charge is -2.69. The van der Waals surface area contributed by atoms with Crippen molar-refractivity contribution in [1.29, 1.82) is 0 Å². The van der Waals surface area contributed by atoms with Gasteiger partial charge in [0.25, 0.3) is 0 Å². The molecule has 7 bridgehead atoms. The van der Waals surface area contributed by atoms with Crippen molar-refractivity contribution >= 4 is 0 Å². The Labute approximate surface area is 189 Å². The maximum atomic E-state index is 12.8. The minimum absolute atomic E-state index is 0.0288. The van der Waals surface area contributed by atoms with E-state index in [4.69, 9.17) is 14.2 Å². The predicted octanol–water partition coefficient (Wildman–Crippen LogP) is -0.383. The van der Waals surface area contributed by atoms with E-state index in [-0.39, 0.29) is 35.3 Å². The Hall–Kier alpha value is -0.320. The van der Waals surface area contributed by atoms with Crippen LogP contribution in [0, 0.1) is 34.5 Å². The molecule has 1 spiro atoms. The van der Waals surface area contributed by atoms with E-state index in [1.165, 1.54) is 0 Å². The number of likely N-dealkylation sites (N-methyl/N-ethyl adjacent to an activating group) is 1. The Morgan fingerprint density at radius 1 is 1.09 bits per heavy atom. The van der Waals surface area contributed by atoms with Crippen molar-refractivity contribution in [2.45, 2.75) is 74.3 Å². The summed E-state index contributed by atoms with van der Waals surface area (Å²) in [5, 5.41) is 48.1. The molecule has 6 fully saturated rings. The van der Waals surface area contributed by atoms with E-state index in [1.54, 1.807) is 21.3 Å². The second-order valence-electron chi connectivity index (χ2n) is 11.7. The Kier molecular flexibility index (Phi) is 4.62. The van der Waals surface area contributed by atoms with E-state index in [9.17, 15) is 20.4 Å². The van der Waals surface area contributed by atoms with Crippen LogP contribution in [0.5, 0.6) is 0 Å². The summed E-state index contributed by atoms with van der Waals surface area (Å²) < 4.78 is 17.7. The van der Waals surface area contributed by atoms with Gasteiger partial charge in [0.15, 0.2) is 0 Å². The topological polar surface area (TPSA) is 112 Å².